The quantitative estimate of drug-likeness (QED) is 0.177. The Bertz CT molecular complexity index is 2930. The molecular weight excluding hydrogens is 693 g/mol. The van der Waals surface area contributed by atoms with Crippen molar-refractivity contribution in [2.24, 2.45) is 5.92 Å². The zero-order valence-electron chi connectivity index (χ0n) is 31.6. The van der Waals surface area contributed by atoms with Crippen molar-refractivity contribution in [3.63, 3.8) is 0 Å². The van der Waals surface area contributed by atoms with E-state index < -0.39 is 5.41 Å². The molecule has 2 heterocycles. The fraction of sp³-hybridized carbons (Fsp3) is 0.0741. The van der Waals surface area contributed by atoms with E-state index in [4.69, 9.17) is 14.7 Å². The van der Waals surface area contributed by atoms with E-state index in [0.717, 1.165) is 73.8 Å². The van der Waals surface area contributed by atoms with Crippen LogP contribution < -0.4 is 4.74 Å². The predicted octanol–water partition coefficient (Wildman–Crippen LogP) is 13.6. The lowest BCUT2D eigenvalue weighted by Crippen LogP contribution is -2.33. The van der Waals surface area contributed by atoms with Crippen molar-refractivity contribution >= 4 is 5.57 Å². The molecule has 2 unspecified atom stereocenters. The molecule has 0 N–H and O–H groups in total. The topological polar surface area (TPSA) is 35.0 Å². The number of aromatic nitrogens is 2. The number of para-hydroxylation sites is 2. The summed E-state index contributed by atoms with van der Waals surface area (Å²) in [5.74, 6) is 2.86. The van der Waals surface area contributed by atoms with Gasteiger partial charge < -0.3 is 4.74 Å². The highest BCUT2D eigenvalue weighted by Crippen LogP contribution is 2.64. The van der Waals surface area contributed by atoms with Gasteiger partial charge in [0.15, 0.2) is 5.82 Å². The van der Waals surface area contributed by atoms with Crippen molar-refractivity contribution in [2.75, 3.05) is 0 Å². The van der Waals surface area contributed by atoms with Gasteiger partial charge in [0.25, 0.3) is 0 Å². The third kappa shape index (κ3) is 5.12. The molecule has 0 saturated carbocycles. The summed E-state index contributed by atoms with van der Waals surface area (Å²) < 4.78 is 7.13. The molecule has 1 aliphatic heterocycles. The van der Waals surface area contributed by atoms with Gasteiger partial charge in [-0.3, -0.25) is 0 Å². The van der Waals surface area contributed by atoms with Gasteiger partial charge in [0.1, 0.15) is 11.5 Å². The minimum atomic E-state index is -0.518. The Kier molecular flexibility index (Phi) is 7.75. The van der Waals surface area contributed by atoms with Crippen LogP contribution in [-0.4, -0.2) is 9.97 Å². The van der Waals surface area contributed by atoms with E-state index in [0.29, 0.717) is 11.7 Å². The molecule has 0 fully saturated rings. The number of fused-ring (bicyclic) bond motifs is 8. The summed E-state index contributed by atoms with van der Waals surface area (Å²) in [5.41, 5.74) is 16.4. The summed E-state index contributed by atoms with van der Waals surface area (Å²) in [6.45, 7) is 2.37. The molecule has 2 aliphatic carbocycles. The summed E-state index contributed by atoms with van der Waals surface area (Å²) in [4.78, 5) is 10.6. The Morgan fingerprint density at radius 2 is 1.04 bits per heavy atom. The van der Waals surface area contributed by atoms with E-state index in [1.54, 1.807) is 0 Å². The maximum atomic E-state index is 7.13. The van der Waals surface area contributed by atoms with Crippen LogP contribution in [0.25, 0.3) is 61.7 Å². The largest absolute Gasteiger partial charge is 0.456 e. The van der Waals surface area contributed by atoms with Crippen LogP contribution in [0.5, 0.6) is 11.5 Å². The molecule has 0 bridgehead atoms. The lowest BCUT2D eigenvalue weighted by molar-refractivity contribution is 0.437. The molecule has 57 heavy (non-hydrogen) atoms. The summed E-state index contributed by atoms with van der Waals surface area (Å²) >= 11 is 0. The predicted molar refractivity (Wildman–Crippen MR) is 232 cm³/mol. The van der Waals surface area contributed by atoms with E-state index in [2.05, 4.69) is 183 Å². The number of hydrogen-bond acceptors (Lipinski definition) is 3. The molecule has 0 amide bonds. The smallest absolute Gasteiger partial charge is 0.160 e. The molecule has 1 aromatic heterocycles. The van der Waals surface area contributed by atoms with Gasteiger partial charge >= 0.3 is 0 Å². The molecule has 7 aromatic carbocycles. The van der Waals surface area contributed by atoms with Crippen molar-refractivity contribution in [3.8, 4) is 67.7 Å². The van der Waals surface area contributed by atoms with Crippen LogP contribution in [0.4, 0.5) is 0 Å². The highest BCUT2D eigenvalue weighted by molar-refractivity contribution is 5.94. The lowest BCUT2D eigenvalue weighted by Gasteiger charge is -2.41. The van der Waals surface area contributed by atoms with E-state index in [-0.39, 0.29) is 0 Å². The van der Waals surface area contributed by atoms with Crippen molar-refractivity contribution in [2.45, 2.75) is 18.8 Å². The molecule has 3 aliphatic rings. The van der Waals surface area contributed by atoms with Gasteiger partial charge in [-0.25, -0.2) is 9.97 Å². The van der Waals surface area contributed by atoms with Gasteiger partial charge in [-0.1, -0.05) is 189 Å². The number of nitrogens with zero attached hydrogens (tertiary/aromatic N) is 2. The average molecular weight is 731 g/mol. The van der Waals surface area contributed by atoms with Crippen molar-refractivity contribution in [3.05, 3.63) is 222 Å². The number of ether oxygens (including phenoxy) is 1. The minimum absolute atomic E-state index is 0.408. The van der Waals surface area contributed by atoms with Crippen molar-refractivity contribution in [1.82, 2.24) is 9.97 Å². The van der Waals surface area contributed by atoms with Crippen LogP contribution in [0.2, 0.25) is 0 Å². The van der Waals surface area contributed by atoms with Crippen LogP contribution in [0, 0.1) is 5.92 Å². The van der Waals surface area contributed by atoms with Gasteiger partial charge in [0.05, 0.1) is 16.8 Å². The average Bonchev–Trinajstić information content (AvgIpc) is 3.58. The third-order valence-electron chi connectivity index (χ3n) is 12.0. The molecule has 8 aromatic rings. The second kappa shape index (κ2) is 13.3. The number of hydrogen-bond donors (Lipinski definition) is 0. The van der Waals surface area contributed by atoms with Gasteiger partial charge in [0.2, 0.25) is 0 Å². The summed E-state index contributed by atoms with van der Waals surface area (Å²) in [7, 11) is 0. The number of allylic oxidation sites excluding steroid dienone is 4. The molecule has 3 heteroatoms. The zero-order valence-corrected chi connectivity index (χ0v) is 31.6. The Hall–Kier alpha value is -7.10. The normalized spacial score (nSPS) is 17.4. The van der Waals surface area contributed by atoms with Crippen LogP contribution in [0.3, 0.4) is 0 Å². The fourth-order valence-electron chi connectivity index (χ4n) is 9.60. The second-order valence-electron chi connectivity index (χ2n) is 15.2. The number of rotatable bonds is 5. The highest BCUT2D eigenvalue weighted by atomic mass is 16.5. The lowest BCUT2D eigenvalue weighted by atomic mass is 9.64. The van der Waals surface area contributed by atoms with E-state index in [1.807, 2.05) is 18.2 Å². The maximum Gasteiger partial charge on any atom is 0.160 e. The summed E-state index contributed by atoms with van der Waals surface area (Å²) in [5, 5.41) is 0. The SMILES string of the molecule is CC1CC=CC2=C1c1ccccc1C21c2ccccc2Oc2c(-c3ccccc3-c3cc(-c4ccccc4-c4ccccc4)nc(-c4ccccc4)n3)cccc21. The zero-order chi connectivity index (χ0) is 37.9. The first kappa shape index (κ1) is 33.3. The molecule has 270 valence electrons. The Morgan fingerprint density at radius 3 is 1.77 bits per heavy atom. The Morgan fingerprint density at radius 1 is 0.491 bits per heavy atom. The first-order valence-electron chi connectivity index (χ1n) is 19.8. The van der Waals surface area contributed by atoms with Gasteiger partial charge in [-0.15, -0.1) is 0 Å². The molecule has 11 rings (SSSR count). The van der Waals surface area contributed by atoms with Gasteiger partial charge in [0, 0.05) is 33.4 Å². The third-order valence-corrected chi connectivity index (χ3v) is 12.0. The monoisotopic (exact) mass is 730 g/mol. The van der Waals surface area contributed by atoms with E-state index in [9.17, 15) is 0 Å². The van der Waals surface area contributed by atoms with Crippen LogP contribution in [-0.2, 0) is 5.41 Å². The maximum absolute atomic E-state index is 7.13. The number of benzene rings is 7. The van der Waals surface area contributed by atoms with Gasteiger partial charge in [-0.2, -0.15) is 0 Å². The molecule has 3 nitrogen and oxygen atoms in total. The molecule has 0 radical (unpaired) electrons. The second-order valence-corrected chi connectivity index (χ2v) is 15.2. The Labute approximate surface area is 333 Å². The molecular formula is C54H38N2O. The highest BCUT2D eigenvalue weighted by Gasteiger charge is 2.53. The fourth-order valence-corrected chi connectivity index (χ4v) is 9.60. The first-order chi connectivity index (χ1) is 28.2. The minimum Gasteiger partial charge on any atom is -0.456 e. The van der Waals surface area contributed by atoms with Gasteiger partial charge in [-0.05, 0) is 63.4 Å². The van der Waals surface area contributed by atoms with E-state index >= 15 is 0 Å². The molecule has 1 spiro atoms. The van der Waals surface area contributed by atoms with Crippen LogP contribution in [0.15, 0.2) is 200 Å². The van der Waals surface area contributed by atoms with Crippen LogP contribution >= 0.6 is 0 Å². The van der Waals surface area contributed by atoms with E-state index in [1.165, 1.54) is 27.8 Å². The first-order valence-corrected chi connectivity index (χ1v) is 19.8. The summed E-state index contributed by atoms with van der Waals surface area (Å²) in [6, 6.07) is 64.5. The van der Waals surface area contributed by atoms with Crippen molar-refractivity contribution < 1.29 is 4.74 Å². The molecule has 0 saturated heterocycles. The van der Waals surface area contributed by atoms with Crippen molar-refractivity contribution in [1.29, 1.82) is 0 Å². The van der Waals surface area contributed by atoms with Crippen LogP contribution in [0.1, 0.15) is 35.6 Å². The standard InChI is InChI=1S/C54H38N2O/c1-35-18-16-31-46-51(35)43-27-12-13-29-44(43)54(46)45-30-14-15-33-50(45)57-52-42(28-17-32-47(52)54)39-24-9-11-26-41(39)49-34-48(55-53(56-49)37-21-6-3-7-22-37)40-25-10-8-23-38(40)36-19-4-2-5-20-36/h2-17,19-35H,18H2,1H3. The Balaban J connectivity index is 1.15. The molecule has 2 atom stereocenters. The summed E-state index contributed by atoms with van der Waals surface area (Å²) in [6.07, 6.45) is 5.78.